The molecule has 0 fully saturated rings. The molecular formula is C12H8BrClN4. The summed E-state index contributed by atoms with van der Waals surface area (Å²) < 4.78 is 0.764. The zero-order valence-corrected chi connectivity index (χ0v) is 11.5. The SMILES string of the molecule is Nc1ccc2nn(-c3ccc(Cl)cc3)nc2c1Br. The van der Waals surface area contributed by atoms with Crippen molar-refractivity contribution in [3.05, 3.63) is 45.9 Å². The maximum absolute atomic E-state index is 5.85. The molecule has 0 aliphatic rings. The molecule has 0 radical (unpaired) electrons. The van der Waals surface area contributed by atoms with Crippen LogP contribution in [0.2, 0.25) is 5.02 Å². The van der Waals surface area contributed by atoms with E-state index >= 15 is 0 Å². The highest BCUT2D eigenvalue weighted by Crippen LogP contribution is 2.27. The number of aromatic nitrogens is 3. The van der Waals surface area contributed by atoms with E-state index in [0.717, 1.165) is 21.2 Å². The van der Waals surface area contributed by atoms with Gasteiger partial charge in [0, 0.05) is 10.7 Å². The van der Waals surface area contributed by atoms with Crippen LogP contribution in [0.5, 0.6) is 0 Å². The molecule has 3 rings (SSSR count). The summed E-state index contributed by atoms with van der Waals surface area (Å²) in [5, 5.41) is 9.48. The Balaban J connectivity index is 2.19. The molecule has 0 spiro atoms. The van der Waals surface area contributed by atoms with Gasteiger partial charge in [-0.05, 0) is 52.3 Å². The van der Waals surface area contributed by atoms with Crippen LogP contribution >= 0.6 is 27.5 Å². The molecule has 0 amide bonds. The summed E-state index contributed by atoms with van der Waals surface area (Å²) in [6, 6.07) is 11.0. The second-order valence-electron chi connectivity index (χ2n) is 3.80. The minimum absolute atomic E-state index is 0.644. The number of rotatable bonds is 1. The smallest absolute Gasteiger partial charge is 0.129 e. The van der Waals surface area contributed by atoms with Crippen molar-refractivity contribution < 1.29 is 0 Å². The van der Waals surface area contributed by atoms with Crippen LogP contribution in [0, 0.1) is 0 Å². The lowest BCUT2D eigenvalue weighted by Gasteiger charge is -1.98. The molecule has 90 valence electrons. The predicted octanol–water partition coefficient (Wildman–Crippen LogP) is 3.42. The van der Waals surface area contributed by atoms with Gasteiger partial charge in [0.15, 0.2) is 0 Å². The van der Waals surface area contributed by atoms with Gasteiger partial charge in [-0.1, -0.05) is 11.6 Å². The minimum Gasteiger partial charge on any atom is -0.398 e. The summed E-state index contributed by atoms with van der Waals surface area (Å²) in [7, 11) is 0. The highest BCUT2D eigenvalue weighted by molar-refractivity contribution is 9.10. The molecule has 0 unspecified atom stereocenters. The zero-order valence-electron chi connectivity index (χ0n) is 9.14. The number of halogens is 2. The number of fused-ring (bicyclic) bond motifs is 1. The van der Waals surface area contributed by atoms with Crippen LogP contribution in [0.1, 0.15) is 0 Å². The van der Waals surface area contributed by atoms with E-state index in [4.69, 9.17) is 17.3 Å². The maximum Gasteiger partial charge on any atom is 0.129 e. The molecule has 0 saturated heterocycles. The van der Waals surface area contributed by atoms with Gasteiger partial charge in [-0.2, -0.15) is 4.80 Å². The number of hydrogen-bond donors (Lipinski definition) is 1. The quantitative estimate of drug-likeness (QED) is 0.698. The van der Waals surface area contributed by atoms with E-state index < -0.39 is 0 Å². The van der Waals surface area contributed by atoms with Gasteiger partial charge in [0.1, 0.15) is 11.0 Å². The molecule has 3 aromatic rings. The second-order valence-corrected chi connectivity index (χ2v) is 5.03. The molecule has 0 saturated carbocycles. The molecule has 18 heavy (non-hydrogen) atoms. The van der Waals surface area contributed by atoms with Crippen molar-refractivity contribution in [2.24, 2.45) is 0 Å². The van der Waals surface area contributed by atoms with E-state index in [1.54, 1.807) is 23.0 Å². The fourth-order valence-corrected chi connectivity index (χ4v) is 2.20. The third kappa shape index (κ3) is 1.85. The van der Waals surface area contributed by atoms with Crippen LogP contribution in [0.4, 0.5) is 5.69 Å². The molecule has 2 N–H and O–H groups in total. The zero-order chi connectivity index (χ0) is 12.7. The fraction of sp³-hybridized carbons (Fsp3) is 0. The first kappa shape index (κ1) is 11.5. The Labute approximate surface area is 116 Å². The molecule has 2 aromatic carbocycles. The summed E-state index contributed by atoms with van der Waals surface area (Å²) in [6.07, 6.45) is 0. The molecule has 4 nitrogen and oxygen atoms in total. The van der Waals surface area contributed by atoms with Gasteiger partial charge < -0.3 is 5.73 Å². The standard InChI is InChI=1S/C12H8BrClN4/c13-11-9(15)5-6-10-12(11)17-18(16-10)8-3-1-7(14)2-4-8/h1-6H,15H2. The molecular weight excluding hydrogens is 316 g/mol. The Hall–Kier alpha value is -1.59. The topological polar surface area (TPSA) is 56.7 Å². The highest BCUT2D eigenvalue weighted by Gasteiger charge is 2.09. The Morgan fingerprint density at radius 3 is 2.50 bits per heavy atom. The van der Waals surface area contributed by atoms with E-state index in [0.29, 0.717) is 10.7 Å². The predicted molar refractivity (Wildman–Crippen MR) is 76.0 cm³/mol. The van der Waals surface area contributed by atoms with E-state index in [1.165, 1.54) is 0 Å². The third-order valence-corrected chi connectivity index (χ3v) is 3.66. The van der Waals surface area contributed by atoms with Gasteiger partial charge >= 0.3 is 0 Å². The number of nitrogen functional groups attached to an aromatic ring is 1. The number of nitrogens with zero attached hydrogens (tertiary/aromatic N) is 3. The van der Waals surface area contributed by atoms with Crippen molar-refractivity contribution in [3.8, 4) is 5.69 Å². The Kier molecular flexibility index (Phi) is 2.72. The number of anilines is 1. The fourth-order valence-electron chi connectivity index (χ4n) is 1.65. The van der Waals surface area contributed by atoms with Gasteiger partial charge in [-0.3, -0.25) is 0 Å². The lowest BCUT2D eigenvalue weighted by Crippen LogP contribution is -1.97. The lowest BCUT2D eigenvalue weighted by molar-refractivity contribution is 0.765. The normalized spacial score (nSPS) is 11.0. The van der Waals surface area contributed by atoms with E-state index in [-0.39, 0.29) is 0 Å². The van der Waals surface area contributed by atoms with Crippen LogP contribution in [0.15, 0.2) is 40.9 Å². The van der Waals surface area contributed by atoms with Gasteiger partial charge in [0.2, 0.25) is 0 Å². The average molecular weight is 324 g/mol. The molecule has 0 atom stereocenters. The second kappa shape index (κ2) is 4.26. The maximum atomic E-state index is 5.85. The molecule has 0 aliphatic carbocycles. The minimum atomic E-state index is 0.644. The summed E-state index contributed by atoms with van der Waals surface area (Å²) >= 11 is 9.27. The van der Waals surface area contributed by atoms with Crippen LogP contribution in [-0.2, 0) is 0 Å². The van der Waals surface area contributed by atoms with Crippen molar-refractivity contribution in [2.75, 3.05) is 5.73 Å². The molecule has 0 aliphatic heterocycles. The summed E-state index contributed by atoms with van der Waals surface area (Å²) in [5.41, 5.74) is 8.83. The molecule has 0 bridgehead atoms. The summed E-state index contributed by atoms with van der Waals surface area (Å²) in [4.78, 5) is 1.56. The van der Waals surface area contributed by atoms with Crippen molar-refractivity contribution in [1.82, 2.24) is 15.0 Å². The first-order valence-electron chi connectivity index (χ1n) is 5.22. The van der Waals surface area contributed by atoms with Crippen molar-refractivity contribution in [1.29, 1.82) is 0 Å². The van der Waals surface area contributed by atoms with Gasteiger partial charge in [-0.25, -0.2) is 0 Å². The highest BCUT2D eigenvalue weighted by atomic mass is 79.9. The Morgan fingerprint density at radius 1 is 1.06 bits per heavy atom. The summed E-state index contributed by atoms with van der Waals surface area (Å²) in [5.74, 6) is 0. The number of nitrogens with two attached hydrogens (primary N) is 1. The van der Waals surface area contributed by atoms with Crippen LogP contribution in [0.3, 0.4) is 0 Å². The van der Waals surface area contributed by atoms with Gasteiger partial charge in [-0.15, -0.1) is 10.2 Å². The van der Waals surface area contributed by atoms with E-state index in [9.17, 15) is 0 Å². The summed E-state index contributed by atoms with van der Waals surface area (Å²) in [6.45, 7) is 0. The molecule has 6 heteroatoms. The van der Waals surface area contributed by atoms with E-state index in [1.807, 2.05) is 18.2 Å². The first-order chi connectivity index (χ1) is 8.65. The van der Waals surface area contributed by atoms with Crippen LogP contribution in [-0.4, -0.2) is 15.0 Å². The van der Waals surface area contributed by atoms with Gasteiger partial charge in [0.05, 0.1) is 10.2 Å². The Bertz CT molecular complexity index is 721. The van der Waals surface area contributed by atoms with Crippen molar-refractivity contribution in [2.45, 2.75) is 0 Å². The van der Waals surface area contributed by atoms with Crippen LogP contribution < -0.4 is 5.73 Å². The monoisotopic (exact) mass is 322 g/mol. The number of benzene rings is 2. The third-order valence-electron chi connectivity index (χ3n) is 2.58. The lowest BCUT2D eigenvalue weighted by atomic mass is 10.3. The van der Waals surface area contributed by atoms with Crippen molar-refractivity contribution in [3.63, 3.8) is 0 Å². The van der Waals surface area contributed by atoms with Crippen LogP contribution in [0.25, 0.3) is 16.7 Å². The average Bonchev–Trinajstić information content (AvgIpc) is 2.80. The first-order valence-corrected chi connectivity index (χ1v) is 6.39. The molecule has 1 aromatic heterocycles. The van der Waals surface area contributed by atoms with Crippen molar-refractivity contribution >= 4 is 44.3 Å². The largest absolute Gasteiger partial charge is 0.398 e. The van der Waals surface area contributed by atoms with E-state index in [2.05, 4.69) is 26.1 Å². The number of hydrogen-bond acceptors (Lipinski definition) is 3. The Morgan fingerprint density at radius 2 is 1.78 bits per heavy atom. The van der Waals surface area contributed by atoms with Gasteiger partial charge in [0.25, 0.3) is 0 Å². The molecule has 1 heterocycles.